The molecule has 1 atom stereocenters. The molecule has 0 fully saturated rings. The van der Waals surface area contributed by atoms with E-state index in [0.717, 1.165) is 5.33 Å². The fourth-order valence-electron chi connectivity index (χ4n) is 0. The summed E-state index contributed by atoms with van der Waals surface area (Å²) in [5, 5.41) is 0.800. The van der Waals surface area contributed by atoms with Gasteiger partial charge in [0, 0.05) is 5.33 Å². The Bertz CT molecular complexity index is 21.6. The molecule has 0 amide bonds. The van der Waals surface area contributed by atoms with Gasteiger partial charge in [-0.15, -0.1) is 11.6 Å². The van der Waals surface area contributed by atoms with Gasteiger partial charge in [-0.1, -0.05) is 31.9 Å². The van der Waals surface area contributed by atoms with E-state index in [1.165, 1.54) is 0 Å². The van der Waals surface area contributed by atoms with Crippen LogP contribution in [0.5, 0.6) is 0 Å². The van der Waals surface area contributed by atoms with Gasteiger partial charge < -0.3 is 0 Å². The highest BCUT2D eigenvalue weighted by Crippen LogP contribution is 2.06. The van der Waals surface area contributed by atoms with E-state index in [2.05, 4.69) is 31.9 Å². The van der Waals surface area contributed by atoms with Crippen LogP contribution in [0, 0.1) is 0 Å². The van der Waals surface area contributed by atoms with Crippen LogP contribution in [0.25, 0.3) is 0 Å². The normalized spacial score (nSPS) is 15.0. The van der Waals surface area contributed by atoms with E-state index >= 15 is 0 Å². The summed E-state index contributed by atoms with van der Waals surface area (Å²) in [6.45, 7) is 0. The third kappa shape index (κ3) is 5.25. The van der Waals surface area contributed by atoms with E-state index in [1.54, 1.807) is 0 Å². The van der Waals surface area contributed by atoms with E-state index in [0.29, 0.717) is 0 Å². The first-order chi connectivity index (χ1) is 2.27. The molecule has 0 heterocycles. The summed E-state index contributed by atoms with van der Waals surface area (Å²) < 4.78 is 0.0856. The smallest absolute Gasteiger partial charge is 0.0982 e. The van der Waals surface area contributed by atoms with Crippen LogP contribution < -0.4 is 0 Å². The van der Waals surface area contributed by atoms with Gasteiger partial charge in [0.1, 0.15) is 0 Å². The van der Waals surface area contributed by atoms with E-state index in [1.807, 2.05) is 0 Å². The van der Waals surface area contributed by atoms with E-state index in [4.69, 9.17) is 11.6 Å². The third-order valence-electron chi connectivity index (χ3n) is 0.117. The molecule has 0 aromatic rings. The molecule has 0 aromatic heterocycles. The molecule has 5 heavy (non-hydrogen) atoms. The molecule has 0 aliphatic carbocycles. The molecule has 0 spiro atoms. The Labute approximate surface area is 53.1 Å². The molecular formula is C2H3Br2Cl. The average molecular weight is 222 g/mol. The maximum Gasteiger partial charge on any atom is 0.0982 e. The summed E-state index contributed by atoms with van der Waals surface area (Å²) in [4.78, 5) is 0. The van der Waals surface area contributed by atoms with Crippen LogP contribution >= 0.6 is 43.5 Å². The van der Waals surface area contributed by atoms with Crippen molar-refractivity contribution >= 4 is 43.5 Å². The predicted octanol–water partition coefficient (Wildman–Crippen LogP) is 2.34. The standard InChI is InChI=1S/C2H3Br2Cl/c3-1-2(4)5/h2H,1H2. The summed E-state index contributed by atoms with van der Waals surface area (Å²) >= 11 is 11.6. The maximum absolute atomic E-state index is 5.33. The van der Waals surface area contributed by atoms with Gasteiger partial charge in [-0.25, -0.2) is 0 Å². The van der Waals surface area contributed by atoms with E-state index in [-0.39, 0.29) is 4.29 Å². The van der Waals surface area contributed by atoms with Crippen LogP contribution in [0.3, 0.4) is 0 Å². The van der Waals surface area contributed by atoms with Gasteiger partial charge in [0.25, 0.3) is 0 Å². The van der Waals surface area contributed by atoms with Crippen LogP contribution in [0.4, 0.5) is 0 Å². The molecule has 0 N–H and O–H groups in total. The Balaban J connectivity index is 2.54. The molecule has 0 aliphatic heterocycles. The first kappa shape index (κ1) is 6.25. The number of hydrogen-bond acceptors (Lipinski definition) is 0. The van der Waals surface area contributed by atoms with Crippen molar-refractivity contribution in [3.63, 3.8) is 0 Å². The molecule has 0 rings (SSSR count). The van der Waals surface area contributed by atoms with Crippen molar-refractivity contribution < 1.29 is 0 Å². The molecule has 0 bridgehead atoms. The minimum absolute atomic E-state index is 0.0856. The minimum atomic E-state index is 0.0856. The summed E-state index contributed by atoms with van der Waals surface area (Å²) in [6.07, 6.45) is 0. The quantitative estimate of drug-likeness (QED) is 0.597. The summed E-state index contributed by atoms with van der Waals surface area (Å²) in [5.74, 6) is 0. The SMILES string of the molecule is ClC(Br)CBr. The number of halogens is 3. The highest BCUT2D eigenvalue weighted by atomic mass is 79.9. The number of alkyl halides is 3. The Hall–Kier alpha value is 1.25. The summed E-state index contributed by atoms with van der Waals surface area (Å²) in [6, 6.07) is 0. The van der Waals surface area contributed by atoms with Gasteiger partial charge in [0.15, 0.2) is 0 Å². The lowest BCUT2D eigenvalue weighted by Gasteiger charge is -1.83. The zero-order valence-corrected chi connectivity index (χ0v) is 6.35. The van der Waals surface area contributed by atoms with Crippen molar-refractivity contribution in [2.24, 2.45) is 0 Å². The van der Waals surface area contributed by atoms with Crippen molar-refractivity contribution in [1.29, 1.82) is 0 Å². The predicted molar refractivity (Wildman–Crippen MR) is 32.4 cm³/mol. The molecule has 0 radical (unpaired) electrons. The minimum Gasteiger partial charge on any atom is -0.110 e. The summed E-state index contributed by atoms with van der Waals surface area (Å²) in [5.41, 5.74) is 0. The first-order valence-electron chi connectivity index (χ1n) is 1.11. The largest absolute Gasteiger partial charge is 0.110 e. The second-order valence-electron chi connectivity index (χ2n) is 0.545. The Kier molecular flexibility index (Phi) is 4.30. The average Bonchev–Trinajstić information content (AvgIpc) is 1.38. The van der Waals surface area contributed by atoms with Crippen LogP contribution in [-0.2, 0) is 0 Å². The van der Waals surface area contributed by atoms with Crippen molar-refractivity contribution in [3.8, 4) is 0 Å². The molecule has 0 aliphatic rings. The van der Waals surface area contributed by atoms with Crippen molar-refractivity contribution in [1.82, 2.24) is 0 Å². The van der Waals surface area contributed by atoms with Crippen LogP contribution in [0.15, 0.2) is 0 Å². The third-order valence-corrected chi connectivity index (χ3v) is 2.48. The molecule has 0 saturated heterocycles. The molecule has 3 heteroatoms. The lowest BCUT2D eigenvalue weighted by Crippen LogP contribution is -1.80. The molecule has 0 aromatic carbocycles. The molecule has 0 saturated carbocycles. The molecule has 32 valence electrons. The van der Waals surface area contributed by atoms with Gasteiger partial charge >= 0.3 is 0 Å². The molecular weight excluding hydrogens is 219 g/mol. The Morgan fingerprint density at radius 2 is 2.00 bits per heavy atom. The lowest BCUT2D eigenvalue weighted by atomic mass is 11.0. The fourth-order valence-corrected chi connectivity index (χ4v) is 0. The number of rotatable bonds is 1. The van der Waals surface area contributed by atoms with Crippen LogP contribution in [0.2, 0.25) is 0 Å². The molecule has 1 unspecified atom stereocenters. The fraction of sp³-hybridized carbons (Fsp3) is 1.00. The Morgan fingerprint density at radius 1 is 1.80 bits per heavy atom. The van der Waals surface area contributed by atoms with Crippen LogP contribution in [0.1, 0.15) is 0 Å². The second-order valence-corrected chi connectivity index (χ2v) is 3.35. The zero-order valence-electron chi connectivity index (χ0n) is 2.42. The van der Waals surface area contributed by atoms with E-state index < -0.39 is 0 Å². The Morgan fingerprint density at radius 3 is 2.00 bits per heavy atom. The van der Waals surface area contributed by atoms with Gasteiger partial charge in [0.05, 0.1) is 4.29 Å². The first-order valence-corrected chi connectivity index (χ1v) is 3.59. The monoisotopic (exact) mass is 220 g/mol. The highest BCUT2D eigenvalue weighted by molar-refractivity contribution is 9.12. The van der Waals surface area contributed by atoms with Gasteiger partial charge in [-0.05, 0) is 0 Å². The van der Waals surface area contributed by atoms with Gasteiger partial charge in [-0.2, -0.15) is 0 Å². The van der Waals surface area contributed by atoms with Crippen molar-refractivity contribution in [3.05, 3.63) is 0 Å². The zero-order chi connectivity index (χ0) is 4.28. The van der Waals surface area contributed by atoms with Crippen LogP contribution in [-0.4, -0.2) is 9.62 Å². The molecule has 0 nitrogen and oxygen atoms in total. The highest BCUT2D eigenvalue weighted by Gasteiger charge is 1.87. The maximum atomic E-state index is 5.33. The van der Waals surface area contributed by atoms with Gasteiger partial charge in [0.2, 0.25) is 0 Å². The second kappa shape index (κ2) is 3.44. The lowest BCUT2D eigenvalue weighted by molar-refractivity contribution is 1.49. The van der Waals surface area contributed by atoms with Crippen molar-refractivity contribution in [2.75, 3.05) is 5.33 Å². The van der Waals surface area contributed by atoms with E-state index in [9.17, 15) is 0 Å². The van der Waals surface area contributed by atoms with Crippen molar-refractivity contribution in [2.45, 2.75) is 4.29 Å². The summed E-state index contributed by atoms with van der Waals surface area (Å²) in [7, 11) is 0. The number of hydrogen-bond donors (Lipinski definition) is 0. The van der Waals surface area contributed by atoms with Gasteiger partial charge in [-0.3, -0.25) is 0 Å². The topological polar surface area (TPSA) is 0 Å².